The van der Waals surface area contributed by atoms with Gasteiger partial charge in [0.05, 0.1) is 47.7 Å². The summed E-state index contributed by atoms with van der Waals surface area (Å²) in [6.45, 7) is 5.80. The number of fused-ring (bicyclic) bond motifs is 1. The SMILES string of the molecule is Cn1cc(-c2cn3nccc3c(-c3ccc(CN(C(=O)O)C(C)(C)C)nc3)n2)cn1. The second kappa shape index (κ2) is 7.25. The van der Waals surface area contributed by atoms with Gasteiger partial charge in [-0.25, -0.2) is 14.3 Å². The van der Waals surface area contributed by atoms with Gasteiger partial charge in [0.15, 0.2) is 0 Å². The molecule has 1 N–H and O–H groups in total. The molecule has 0 unspecified atom stereocenters. The van der Waals surface area contributed by atoms with Crippen molar-refractivity contribution in [2.75, 3.05) is 0 Å². The Hall–Kier alpha value is -3.75. The van der Waals surface area contributed by atoms with Gasteiger partial charge >= 0.3 is 6.09 Å². The number of rotatable bonds is 4. The van der Waals surface area contributed by atoms with Crippen molar-refractivity contribution in [1.29, 1.82) is 0 Å². The molecule has 4 heterocycles. The summed E-state index contributed by atoms with van der Waals surface area (Å²) in [5.74, 6) is 0. The third-order valence-electron chi connectivity index (χ3n) is 4.85. The quantitative estimate of drug-likeness (QED) is 0.558. The summed E-state index contributed by atoms with van der Waals surface area (Å²) < 4.78 is 3.51. The highest BCUT2D eigenvalue weighted by atomic mass is 16.4. The topological polar surface area (TPSA) is 101 Å². The van der Waals surface area contributed by atoms with Crippen molar-refractivity contribution in [3.63, 3.8) is 0 Å². The zero-order valence-electron chi connectivity index (χ0n) is 17.3. The third-order valence-corrected chi connectivity index (χ3v) is 4.85. The molecule has 4 aromatic rings. The first-order valence-electron chi connectivity index (χ1n) is 9.51. The van der Waals surface area contributed by atoms with E-state index in [1.807, 2.05) is 58.4 Å². The van der Waals surface area contributed by atoms with Gasteiger partial charge in [-0.05, 0) is 39.0 Å². The lowest BCUT2D eigenvalue weighted by molar-refractivity contribution is 0.0947. The minimum atomic E-state index is -0.972. The molecule has 4 aromatic heterocycles. The second-order valence-electron chi connectivity index (χ2n) is 8.12. The number of nitrogens with zero attached hydrogens (tertiary/aromatic N) is 7. The summed E-state index contributed by atoms with van der Waals surface area (Å²) in [7, 11) is 1.86. The Labute approximate surface area is 173 Å². The highest BCUT2D eigenvalue weighted by Crippen LogP contribution is 2.27. The van der Waals surface area contributed by atoms with Crippen LogP contribution >= 0.6 is 0 Å². The fourth-order valence-electron chi connectivity index (χ4n) is 3.24. The Morgan fingerprint density at radius 1 is 1.10 bits per heavy atom. The van der Waals surface area contributed by atoms with Gasteiger partial charge in [-0.3, -0.25) is 14.6 Å². The Kier molecular flexibility index (Phi) is 4.73. The van der Waals surface area contributed by atoms with Crippen LogP contribution in [0.3, 0.4) is 0 Å². The number of pyridine rings is 1. The van der Waals surface area contributed by atoms with Crippen LogP contribution < -0.4 is 0 Å². The minimum absolute atomic E-state index is 0.213. The molecule has 4 rings (SSSR count). The van der Waals surface area contributed by atoms with Crippen LogP contribution in [-0.2, 0) is 13.6 Å². The first-order chi connectivity index (χ1) is 14.2. The molecule has 9 nitrogen and oxygen atoms in total. The van der Waals surface area contributed by atoms with Crippen molar-refractivity contribution < 1.29 is 9.90 Å². The Bertz CT molecular complexity index is 1200. The predicted molar refractivity (Wildman–Crippen MR) is 112 cm³/mol. The summed E-state index contributed by atoms with van der Waals surface area (Å²) >= 11 is 0. The number of hydrogen-bond acceptors (Lipinski definition) is 5. The first kappa shape index (κ1) is 19.6. The van der Waals surface area contributed by atoms with Gasteiger partial charge in [0.1, 0.15) is 0 Å². The monoisotopic (exact) mass is 405 g/mol. The van der Waals surface area contributed by atoms with E-state index in [9.17, 15) is 9.90 Å². The maximum absolute atomic E-state index is 11.6. The molecule has 9 heteroatoms. The molecule has 0 aliphatic rings. The number of aromatic nitrogens is 6. The Morgan fingerprint density at radius 3 is 2.50 bits per heavy atom. The lowest BCUT2D eigenvalue weighted by Gasteiger charge is -2.32. The van der Waals surface area contributed by atoms with Crippen LogP contribution in [0.4, 0.5) is 4.79 Å². The summed E-state index contributed by atoms with van der Waals surface area (Å²) in [6.07, 6.45) is 8.00. The van der Waals surface area contributed by atoms with E-state index in [0.29, 0.717) is 5.69 Å². The van der Waals surface area contributed by atoms with Crippen LogP contribution in [0, 0.1) is 0 Å². The molecule has 0 aliphatic heterocycles. The maximum atomic E-state index is 11.6. The fourth-order valence-corrected chi connectivity index (χ4v) is 3.24. The molecule has 1 amide bonds. The highest BCUT2D eigenvalue weighted by Gasteiger charge is 2.26. The zero-order chi connectivity index (χ0) is 21.5. The van der Waals surface area contributed by atoms with Crippen molar-refractivity contribution in [1.82, 2.24) is 34.3 Å². The molecular formula is C21H23N7O2. The van der Waals surface area contributed by atoms with E-state index in [-0.39, 0.29) is 6.54 Å². The average Bonchev–Trinajstić information content (AvgIpc) is 3.33. The van der Waals surface area contributed by atoms with Crippen molar-refractivity contribution in [3.05, 3.63) is 54.9 Å². The number of carboxylic acid groups (broad SMARTS) is 1. The minimum Gasteiger partial charge on any atom is -0.465 e. The maximum Gasteiger partial charge on any atom is 0.408 e. The summed E-state index contributed by atoms with van der Waals surface area (Å²) in [6, 6.07) is 5.64. The van der Waals surface area contributed by atoms with Crippen LogP contribution in [0.15, 0.2) is 49.2 Å². The van der Waals surface area contributed by atoms with Gasteiger partial charge in [-0.1, -0.05) is 0 Å². The van der Waals surface area contributed by atoms with E-state index in [1.54, 1.807) is 27.8 Å². The van der Waals surface area contributed by atoms with Crippen LogP contribution in [0.25, 0.3) is 28.0 Å². The van der Waals surface area contributed by atoms with E-state index in [4.69, 9.17) is 4.98 Å². The van der Waals surface area contributed by atoms with Gasteiger partial charge in [0.2, 0.25) is 0 Å². The molecule has 0 aromatic carbocycles. The van der Waals surface area contributed by atoms with E-state index < -0.39 is 11.6 Å². The van der Waals surface area contributed by atoms with Gasteiger partial charge in [0.25, 0.3) is 0 Å². The van der Waals surface area contributed by atoms with Crippen LogP contribution in [0.1, 0.15) is 26.5 Å². The molecule has 0 fully saturated rings. The molecule has 0 spiro atoms. The molecule has 0 aliphatic carbocycles. The summed E-state index contributed by atoms with van der Waals surface area (Å²) in [4.78, 5) is 22.3. The normalized spacial score (nSPS) is 11.7. The van der Waals surface area contributed by atoms with Crippen LogP contribution in [-0.4, -0.2) is 51.0 Å². The van der Waals surface area contributed by atoms with Crippen molar-refractivity contribution in [3.8, 4) is 22.5 Å². The van der Waals surface area contributed by atoms with Gasteiger partial charge in [0, 0.05) is 36.1 Å². The van der Waals surface area contributed by atoms with Crippen LogP contribution in [0.5, 0.6) is 0 Å². The molecule has 0 atom stereocenters. The molecular weight excluding hydrogens is 382 g/mol. The lowest BCUT2D eigenvalue weighted by Crippen LogP contribution is -2.44. The third kappa shape index (κ3) is 3.73. The Morgan fingerprint density at radius 2 is 1.90 bits per heavy atom. The summed E-state index contributed by atoms with van der Waals surface area (Å²) in [5, 5.41) is 18.1. The molecule has 154 valence electrons. The Balaban J connectivity index is 1.71. The lowest BCUT2D eigenvalue weighted by atomic mass is 10.1. The first-order valence-corrected chi connectivity index (χ1v) is 9.51. The van der Waals surface area contributed by atoms with E-state index >= 15 is 0 Å². The van der Waals surface area contributed by atoms with Crippen molar-refractivity contribution >= 4 is 11.6 Å². The summed E-state index contributed by atoms with van der Waals surface area (Å²) in [5.41, 5.74) is 4.23. The highest BCUT2D eigenvalue weighted by molar-refractivity contribution is 5.78. The number of hydrogen-bond donors (Lipinski definition) is 1. The van der Waals surface area contributed by atoms with Crippen LogP contribution in [0.2, 0.25) is 0 Å². The molecule has 0 bridgehead atoms. The average molecular weight is 405 g/mol. The molecule has 30 heavy (non-hydrogen) atoms. The predicted octanol–water partition coefficient (Wildman–Crippen LogP) is 3.47. The van der Waals surface area contributed by atoms with Crippen molar-refractivity contribution in [2.45, 2.75) is 32.9 Å². The largest absolute Gasteiger partial charge is 0.465 e. The molecule has 0 saturated carbocycles. The second-order valence-corrected chi connectivity index (χ2v) is 8.12. The number of amides is 1. The smallest absolute Gasteiger partial charge is 0.408 e. The molecule has 0 radical (unpaired) electrons. The van der Waals surface area contributed by atoms with E-state index in [1.165, 1.54) is 4.90 Å². The van der Waals surface area contributed by atoms with Gasteiger partial charge in [-0.15, -0.1) is 0 Å². The van der Waals surface area contributed by atoms with E-state index in [2.05, 4.69) is 15.2 Å². The fraction of sp³-hybridized carbons (Fsp3) is 0.286. The van der Waals surface area contributed by atoms with E-state index in [0.717, 1.165) is 28.0 Å². The number of aryl methyl sites for hydroxylation is 1. The standard InChI is InChI=1S/C21H23N7O2/c1-21(2,3)27(20(29)30)12-16-6-5-14(9-22-16)19-18-7-8-23-28(18)13-17(25-19)15-10-24-26(4)11-15/h5-11,13H,12H2,1-4H3,(H,29,30). The molecule has 0 saturated heterocycles. The van der Waals surface area contributed by atoms with Crippen molar-refractivity contribution in [2.24, 2.45) is 7.05 Å². The van der Waals surface area contributed by atoms with Gasteiger partial charge in [-0.2, -0.15) is 10.2 Å². The zero-order valence-corrected chi connectivity index (χ0v) is 17.3. The van der Waals surface area contributed by atoms with Gasteiger partial charge < -0.3 is 5.11 Å². The number of carbonyl (C=O) groups is 1.